The van der Waals surface area contributed by atoms with Gasteiger partial charge in [0.1, 0.15) is 18.4 Å². The molecule has 0 radical (unpaired) electrons. The number of nitrogens with one attached hydrogen (secondary N) is 1. The highest BCUT2D eigenvalue weighted by Crippen LogP contribution is 2.33. The van der Waals surface area contributed by atoms with E-state index in [4.69, 9.17) is 9.73 Å². The number of ether oxygens (including phenoxy) is 1. The number of carbonyl (C=O) groups excluding carboxylic acids is 1. The number of hydrogen-bond donors (Lipinski definition) is 1. The van der Waals surface area contributed by atoms with Crippen LogP contribution >= 0.6 is 22.7 Å². The first-order valence-corrected chi connectivity index (χ1v) is 14.8. The van der Waals surface area contributed by atoms with Crippen molar-refractivity contribution in [3.63, 3.8) is 0 Å². The number of allylic oxidation sites excluding steroid dienone is 1. The summed E-state index contributed by atoms with van der Waals surface area (Å²) in [6.45, 7) is 2.09. The van der Waals surface area contributed by atoms with Crippen molar-refractivity contribution in [1.82, 2.24) is 4.57 Å². The minimum atomic E-state index is -0.584. The second-order valence-corrected chi connectivity index (χ2v) is 11.5. The maximum atomic E-state index is 13.8. The average molecular weight is 589 g/mol. The number of carbonyl (C=O) groups is 1. The number of amides is 1. The van der Waals surface area contributed by atoms with E-state index in [0.717, 1.165) is 16.0 Å². The first-order valence-electron chi connectivity index (χ1n) is 13.1. The molecule has 42 heavy (non-hydrogen) atoms. The largest absolute Gasteiger partial charge is 0.489 e. The van der Waals surface area contributed by atoms with Crippen molar-refractivity contribution in [2.75, 3.05) is 5.32 Å². The van der Waals surface area contributed by atoms with Gasteiger partial charge in [0.15, 0.2) is 4.80 Å². The summed E-state index contributed by atoms with van der Waals surface area (Å²) in [6, 6.07) is 29.5. The SMILES string of the molecule is CC1=C(C(=O)Nc2ccccc2)[C@@H](c2cccs2)n2c(s/c(=C/c3ccc(OCc4ccccc4C#N)cc3)c2=O)=N1. The maximum absolute atomic E-state index is 13.8. The van der Waals surface area contributed by atoms with Crippen LogP contribution in [0.3, 0.4) is 0 Å². The number of nitrogens with zero attached hydrogens (tertiary/aromatic N) is 3. The number of thiophene rings is 1. The Bertz CT molecular complexity index is 2020. The topological polar surface area (TPSA) is 96.5 Å². The molecule has 9 heteroatoms. The lowest BCUT2D eigenvalue weighted by molar-refractivity contribution is -0.113. The van der Waals surface area contributed by atoms with E-state index in [2.05, 4.69) is 11.4 Å². The van der Waals surface area contributed by atoms with Crippen LogP contribution in [0.1, 0.15) is 34.5 Å². The molecule has 0 saturated carbocycles. The van der Waals surface area contributed by atoms with Crippen LogP contribution in [0.15, 0.2) is 117 Å². The monoisotopic (exact) mass is 588 g/mol. The van der Waals surface area contributed by atoms with Gasteiger partial charge in [-0.05, 0) is 60.3 Å². The summed E-state index contributed by atoms with van der Waals surface area (Å²) < 4.78 is 8.03. The number of benzene rings is 3. The highest BCUT2D eigenvalue weighted by atomic mass is 32.1. The molecule has 206 valence electrons. The molecule has 0 spiro atoms. The molecule has 1 aliphatic rings. The van der Waals surface area contributed by atoms with Crippen LogP contribution in [0.25, 0.3) is 6.08 Å². The average Bonchev–Trinajstić information content (AvgIpc) is 3.65. The van der Waals surface area contributed by atoms with Crippen LogP contribution in [-0.2, 0) is 11.4 Å². The highest BCUT2D eigenvalue weighted by molar-refractivity contribution is 7.10. The third-order valence-corrected chi connectivity index (χ3v) is 8.73. The zero-order valence-electron chi connectivity index (χ0n) is 22.5. The zero-order valence-corrected chi connectivity index (χ0v) is 24.1. The van der Waals surface area contributed by atoms with Gasteiger partial charge in [-0.2, -0.15) is 5.26 Å². The molecular weight excluding hydrogens is 565 g/mol. The fourth-order valence-corrected chi connectivity index (χ4v) is 6.65. The van der Waals surface area contributed by atoms with Gasteiger partial charge in [-0.3, -0.25) is 14.2 Å². The first-order chi connectivity index (χ1) is 20.5. The van der Waals surface area contributed by atoms with Crippen LogP contribution in [0.5, 0.6) is 5.75 Å². The maximum Gasteiger partial charge on any atom is 0.271 e. The van der Waals surface area contributed by atoms with Crippen molar-refractivity contribution in [2.45, 2.75) is 19.6 Å². The summed E-state index contributed by atoms with van der Waals surface area (Å²) in [7, 11) is 0. The molecule has 0 unspecified atom stereocenters. The molecule has 0 aliphatic carbocycles. The Morgan fingerprint density at radius 2 is 1.81 bits per heavy atom. The van der Waals surface area contributed by atoms with E-state index in [1.54, 1.807) is 10.6 Å². The smallest absolute Gasteiger partial charge is 0.271 e. The Kier molecular flexibility index (Phi) is 7.64. The Morgan fingerprint density at radius 3 is 2.55 bits per heavy atom. The molecule has 7 nitrogen and oxygen atoms in total. The van der Waals surface area contributed by atoms with Crippen LogP contribution in [0.4, 0.5) is 5.69 Å². The minimum absolute atomic E-state index is 0.205. The van der Waals surface area contributed by atoms with E-state index in [1.165, 1.54) is 22.7 Å². The minimum Gasteiger partial charge on any atom is -0.489 e. The van der Waals surface area contributed by atoms with Gasteiger partial charge in [-0.1, -0.05) is 65.9 Å². The van der Waals surface area contributed by atoms with E-state index < -0.39 is 6.04 Å². The van der Waals surface area contributed by atoms with Gasteiger partial charge in [-0.15, -0.1) is 11.3 Å². The Balaban J connectivity index is 1.31. The van der Waals surface area contributed by atoms with Crippen molar-refractivity contribution < 1.29 is 9.53 Å². The molecule has 3 heterocycles. The molecule has 6 rings (SSSR count). The van der Waals surface area contributed by atoms with Crippen molar-refractivity contribution >= 4 is 40.3 Å². The van der Waals surface area contributed by atoms with Crippen LogP contribution in [0, 0.1) is 11.3 Å². The van der Waals surface area contributed by atoms with Crippen molar-refractivity contribution in [3.8, 4) is 11.8 Å². The van der Waals surface area contributed by atoms with E-state index in [9.17, 15) is 14.9 Å². The molecule has 3 aromatic carbocycles. The van der Waals surface area contributed by atoms with Crippen molar-refractivity contribution in [3.05, 3.63) is 149 Å². The van der Waals surface area contributed by atoms with Crippen molar-refractivity contribution in [2.24, 2.45) is 4.99 Å². The number of fused-ring (bicyclic) bond motifs is 1. The summed E-state index contributed by atoms with van der Waals surface area (Å²) in [5, 5.41) is 14.2. The van der Waals surface area contributed by atoms with Gasteiger partial charge in [0, 0.05) is 16.1 Å². The standard InChI is InChI=1S/C33H24N4O3S2/c1-21-29(31(38)36-25-10-3-2-4-11-25)30(27-12-7-17-41-27)37-32(39)28(42-33(37)35-21)18-22-13-15-26(16-14-22)40-20-24-9-6-5-8-23(24)19-34/h2-18,30H,20H2,1H3,(H,36,38)/b28-18+/t30-/m1/s1. The number of aromatic nitrogens is 1. The molecular formula is C33H24N4O3S2. The predicted octanol–water partition coefficient (Wildman–Crippen LogP) is 5.39. The third kappa shape index (κ3) is 5.46. The summed E-state index contributed by atoms with van der Waals surface area (Å²) in [5.41, 5.74) is 3.72. The van der Waals surface area contributed by atoms with E-state index in [0.29, 0.717) is 37.6 Å². The van der Waals surface area contributed by atoms with Gasteiger partial charge in [0.25, 0.3) is 11.5 Å². The lowest BCUT2D eigenvalue weighted by Gasteiger charge is -2.24. The van der Waals surface area contributed by atoms with Crippen LogP contribution < -0.4 is 24.9 Å². The number of hydrogen-bond acceptors (Lipinski definition) is 7. The lowest BCUT2D eigenvalue weighted by atomic mass is 10.0. The summed E-state index contributed by atoms with van der Waals surface area (Å²) in [6.07, 6.45) is 1.83. The molecule has 0 fully saturated rings. The van der Waals surface area contributed by atoms with E-state index in [-0.39, 0.29) is 18.1 Å². The Labute approximate surface area is 249 Å². The summed E-state index contributed by atoms with van der Waals surface area (Å²) in [4.78, 5) is 33.5. The molecule has 5 aromatic rings. The summed E-state index contributed by atoms with van der Waals surface area (Å²) in [5.74, 6) is 0.367. The van der Waals surface area contributed by atoms with Gasteiger partial charge < -0.3 is 10.1 Å². The lowest BCUT2D eigenvalue weighted by Crippen LogP contribution is -2.40. The predicted molar refractivity (Wildman–Crippen MR) is 165 cm³/mol. The molecule has 1 amide bonds. The fourth-order valence-electron chi connectivity index (χ4n) is 4.78. The normalized spacial score (nSPS) is 14.6. The second kappa shape index (κ2) is 11.8. The molecule has 0 bridgehead atoms. The van der Waals surface area contributed by atoms with Gasteiger partial charge in [0.05, 0.1) is 27.4 Å². The highest BCUT2D eigenvalue weighted by Gasteiger charge is 2.33. The molecule has 1 aliphatic heterocycles. The summed E-state index contributed by atoms with van der Waals surface area (Å²) >= 11 is 2.80. The molecule has 2 aromatic heterocycles. The van der Waals surface area contributed by atoms with Gasteiger partial charge in [0.2, 0.25) is 0 Å². The number of nitriles is 1. The third-order valence-electron chi connectivity index (χ3n) is 6.82. The van der Waals surface area contributed by atoms with Gasteiger partial charge in [-0.25, -0.2) is 4.99 Å². The van der Waals surface area contributed by atoms with Crippen LogP contribution in [-0.4, -0.2) is 10.5 Å². The van der Waals surface area contributed by atoms with Crippen LogP contribution in [0.2, 0.25) is 0 Å². The zero-order chi connectivity index (χ0) is 29.1. The second-order valence-electron chi connectivity index (χ2n) is 9.54. The Morgan fingerprint density at radius 1 is 1.05 bits per heavy atom. The molecule has 1 atom stereocenters. The molecule has 1 N–H and O–H groups in total. The number of anilines is 1. The number of thiazole rings is 1. The first kappa shape index (κ1) is 27.1. The Hall–Kier alpha value is -5.04. The van der Waals surface area contributed by atoms with E-state index >= 15 is 0 Å². The van der Waals surface area contributed by atoms with E-state index in [1.807, 2.05) is 103 Å². The number of rotatable bonds is 7. The fraction of sp³-hybridized carbons (Fsp3) is 0.0909. The number of para-hydroxylation sites is 1. The molecule has 0 saturated heterocycles. The van der Waals surface area contributed by atoms with Crippen molar-refractivity contribution in [1.29, 1.82) is 5.26 Å². The quantitative estimate of drug-likeness (QED) is 0.276. The van der Waals surface area contributed by atoms with Gasteiger partial charge >= 0.3 is 0 Å².